The number of aromatic nitrogens is 3. The van der Waals surface area contributed by atoms with Crippen LogP contribution in [0.5, 0.6) is 5.88 Å². The van der Waals surface area contributed by atoms with Gasteiger partial charge in [0, 0.05) is 31.7 Å². The first-order chi connectivity index (χ1) is 11.3. The molecule has 9 heteroatoms. The van der Waals surface area contributed by atoms with Crippen LogP contribution in [0.15, 0.2) is 0 Å². The molecule has 2 aromatic rings. The summed E-state index contributed by atoms with van der Waals surface area (Å²) in [4.78, 5) is 16.6. The summed E-state index contributed by atoms with van der Waals surface area (Å²) < 4.78 is 7.08. The molecule has 0 aliphatic rings. The summed E-state index contributed by atoms with van der Waals surface area (Å²) >= 11 is 0. The first-order valence-corrected chi connectivity index (χ1v) is 8.24. The predicted octanol–water partition coefficient (Wildman–Crippen LogP) is 2.22. The highest BCUT2D eigenvalue weighted by atomic mass is 35.5. The Labute approximate surface area is 166 Å². The summed E-state index contributed by atoms with van der Waals surface area (Å²) in [6.07, 6.45) is 1.85. The van der Waals surface area contributed by atoms with Crippen molar-refractivity contribution >= 4 is 41.8 Å². The number of hydrogen-bond donors (Lipinski definition) is 2. The van der Waals surface area contributed by atoms with E-state index >= 15 is 0 Å². The minimum absolute atomic E-state index is 0. The van der Waals surface area contributed by atoms with Gasteiger partial charge in [-0.2, -0.15) is 0 Å². The largest absolute Gasteiger partial charge is 0.479 e. The molecule has 0 aliphatic carbocycles. The Morgan fingerprint density at radius 3 is 2.58 bits per heavy atom. The minimum Gasteiger partial charge on any atom is -0.479 e. The Morgan fingerprint density at radius 1 is 1.35 bits per heavy atom. The highest BCUT2D eigenvalue weighted by Gasteiger charge is 2.18. The van der Waals surface area contributed by atoms with Gasteiger partial charge in [0.15, 0.2) is 5.65 Å². The van der Waals surface area contributed by atoms with Crippen molar-refractivity contribution in [1.29, 1.82) is 0 Å². The van der Waals surface area contributed by atoms with Crippen LogP contribution in [0.2, 0.25) is 0 Å². The molecule has 0 spiro atoms. The third kappa shape index (κ3) is 5.46. The quantitative estimate of drug-likeness (QED) is 0.735. The van der Waals surface area contributed by atoms with Gasteiger partial charge in [-0.25, -0.2) is 9.67 Å². The lowest BCUT2D eigenvalue weighted by Crippen LogP contribution is -2.29. The number of halogens is 2. The molecular weight excluding hydrogens is 377 g/mol. The average Bonchev–Trinajstić information content (AvgIpc) is 2.83. The molecule has 0 saturated carbocycles. The average molecular weight is 406 g/mol. The van der Waals surface area contributed by atoms with Crippen molar-refractivity contribution in [3.8, 4) is 5.88 Å². The van der Waals surface area contributed by atoms with E-state index in [1.54, 1.807) is 11.8 Å². The van der Waals surface area contributed by atoms with Crippen molar-refractivity contribution in [2.24, 2.45) is 12.8 Å². The number of aryl methyl sites for hydroxylation is 3. The van der Waals surface area contributed by atoms with Crippen molar-refractivity contribution < 1.29 is 9.53 Å². The molecule has 148 valence electrons. The Hall–Kier alpha value is -1.57. The molecule has 1 unspecified atom stereocenters. The molecule has 0 aliphatic heterocycles. The van der Waals surface area contributed by atoms with Crippen LogP contribution in [-0.2, 0) is 18.3 Å². The molecule has 0 radical (unpaired) electrons. The summed E-state index contributed by atoms with van der Waals surface area (Å²) in [5.74, 6) is 0.604. The highest BCUT2D eigenvalue weighted by Crippen LogP contribution is 2.30. The topological polar surface area (TPSA) is 95.1 Å². The van der Waals surface area contributed by atoms with E-state index in [1.807, 2.05) is 27.8 Å². The van der Waals surface area contributed by atoms with Gasteiger partial charge < -0.3 is 15.8 Å². The molecule has 0 bridgehead atoms. The zero-order chi connectivity index (χ0) is 17.9. The van der Waals surface area contributed by atoms with E-state index in [1.165, 1.54) is 0 Å². The fourth-order valence-corrected chi connectivity index (χ4v) is 2.87. The number of rotatable bonds is 7. The molecule has 26 heavy (non-hydrogen) atoms. The molecule has 1 amide bonds. The smallest absolute Gasteiger partial charge is 0.242 e. The van der Waals surface area contributed by atoms with Gasteiger partial charge in [-0.15, -0.1) is 29.9 Å². The second-order valence-electron chi connectivity index (χ2n) is 6.25. The van der Waals surface area contributed by atoms with E-state index in [0.29, 0.717) is 25.3 Å². The summed E-state index contributed by atoms with van der Waals surface area (Å²) in [5, 5.41) is 8.17. The molecule has 0 fully saturated rings. The zero-order valence-electron chi connectivity index (χ0n) is 16.0. The van der Waals surface area contributed by atoms with Gasteiger partial charge in [-0.1, -0.05) is 0 Å². The van der Waals surface area contributed by atoms with E-state index in [2.05, 4.69) is 15.4 Å². The highest BCUT2D eigenvalue weighted by molar-refractivity contribution is 5.86. The Morgan fingerprint density at radius 2 is 2.00 bits per heavy atom. The number of amides is 1. The number of carbonyl (C=O) groups is 1. The fraction of sp³-hybridized carbons (Fsp3) is 0.588. The van der Waals surface area contributed by atoms with Crippen LogP contribution < -0.4 is 15.8 Å². The third-order valence-electron chi connectivity index (χ3n) is 4.24. The molecule has 2 aromatic heterocycles. The predicted molar refractivity (Wildman–Crippen MR) is 109 cm³/mol. The van der Waals surface area contributed by atoms with Crippen LogP contribution >= 0.6 is 24.8 Å². The Balaban J connectivity index is 0.00000312. The van der Waals surface area contributed by atoms with Crippen LogP contribution in [0, 0.1) is 13.8 Å². The molecule has 0 saturated heterocycles. The number of nitrogens with one attached hydrogen (secondary N) is 1. The van der Waals surface area contributed by atoms with E-state index in [0.717, 1.165) is 34.3 Å². The normalized spacial score (nSPS) is 11.5. The summed E-state index contributed by atoms with van der Waals surface area (Å²) in [6.45, 7) is 6.54. The standard InChI is InChI=1S/C17H27N5O2.2ClH/c1-10(18)8-9-19-14(23)7-6-13-11(2)15-16(20-12(13)3)22(4)21-17(15)24-5;;/h10H,6-9,18H2,1-5H3,(H,19,23);2*1H. The van der Waals surface area contributed by atoms with Crippen molar-refractivity contribution in [3.63, 3.8) is 0 Å². The second-order valence-corrected chi connectivity index (χ2v) is 6.25. The van der Waals surface area contributed by atoms with Crippen LogP contribution in [0.3, 0.4) is 0 Å². The molecule has 2 rings (SSSR count). The number of nitrogens with zero attached hydrogens (tertiary/aromatic N) is 3. The number of methoxy groups -OCH3 is 1. The van der Waals surface area contributed by atoms with E-state index < -0.39 is 0 Å². The number of hydrogen-bond acceptors (Lipinski definition) is 5. The van der Waals surface area contributed by atoms with Gasteiger partial charge in [-0.05, 0) is 44.7 Å². The SMILES string of the molecule is COc1nn(C)c2nc(C)c(CCC(=O)NCCC(C)N)c(C)c12.Cl.Cl. The van der Waals surface area contributed by atoms with E-state index in [4.69, 9.17) is 10.5 Å². The lowest BCUT2D eigenvalue weighted by molar-refractivity contribution is -0.121. The molecular formula is C17H29Cl2N5O2. The van der Waals surface area contributed by atoms with Gasteiger partial charge in [0.05, 0.1) is 12.5 Å². The Bertz CT molecular complexity index is 747. The first-order valence-electron chi connectivity index (χ1n) is 8.24. The number of pyridine rings is 1. The minimum atomic E-state index is 0. The van der Waals surface area contributed by atoms with Gasteiger partial charge in [0.2, 0.25) is 11.8 Å². The summed E-state index contributed by atoms with van der Waals surface area (Å²) in [7, 11) is 3.45. The number of ether oxygens (including phenoxy) is 1. The third-order valence-corrected chi connectivity index (χ3v) is 4.24. The summed E-state index contributed by atoms with van der Waals surface area (Å²) in [6, 6.07) is 0.0967. The van der Waals surface area contributed by atoms with Crippen molar-refractivity contribution in [2.75, 3.05) is 13.7 Å². The number of carbonyl (C=O) groups excluding carboxylic acids is 1. The maximum absolute atomic E-state index is 12.0. The maximum atomic E-state index is 12.0. The van der Waals surface area contributed by atoms with Crippen molar-refractivity contribution in [3.05, 3.63) is 16.8 Å². The summed E-state index contributed by atoms with van der Waals surface area (Å²) in [5.41, 5.74) is 9.56. The second kappa shape index (κ2) is 10.5. The molecule has 0 aromatic carbocycles. The van der Waals surface area contributed by atoms with Gasteiger partial charge in [-0.3, -0.25) is 4.79 Å². The lowest BCUT2D eigenvalue weighted by atomic mass is 10.00. The monoisotopic (exact) mass is 405 g/mol. The van der Waals surface area contributed by atoms with E-state index in [-0.39, 0.29) is 36.8 Å². The molecule has 2 heterocycles. The van der Waals surface area contributed by atoms with E-state index in [9.17, 15) is 4.79 Å². The lowest BCUT2D eigenvalue weighted by Gasteiger charge is -2.12. The molecule has 1 atom stereocenters. The number of fused-ring (bicyclic) bond motifs is 1. The maximum Gasteiger partial charge on any atom is 0.242 e. The Kier molecular flexibility index (Phi) is 9.91. The van der Waals surface area contributed by atoms with Gasteiger partial charge in [0.25, 0.3) is 0 Å². The van der Waals surface area contributed by atoms with Crippen LogP contribution in [0.4, 0.5) is 0 Å². The van der Waals surface area contributed by atoms with Gasteiger partial charge >= 0.3 is 0 Å². The van der Waals surface area contributed by atoms with Crippen LogP contribution in [0.25, 0.3) is 11.0 Å². The van der Waals surface area contributed by atoms with Crippen molar-refractivity contribution in [2.45, 2.75) is 46.1 Å². The van der Waals surface area contributed by atoms with Crippen LogP contribution in [0.1, 0.15) is 36.6 Å². The van der Waals surface area contributed by atoms with Crippen LogP contribution in [-0.4, -0.2) is 40.4 Å². The van der Waals surface area contributed by atoms with Crippen molar-refractivity contribution in [1.82, 2.24) is 20.1 Å². The zero-order valence-corrected chi connectivity index (χ0v) is 17.6. The first kappa shape index (κ1) is 24.4. The number of nitrogens with two attached hydrogens (primary N) is 1. The fourth-order valence-electron chi connectivity index (χ4n) is 2.87. The molecule has 7 nitrogen and oxygen atoms in total. The van der Waals surface area contributed by atoms with Gasteiger partial charge in [0.1, 0.15) is 0 Å². The molecule has 3 N–H and O–H groups in total.